The van der Waals surface area contributed by atoms with Gasteiger partial charge < -0.3 is 15.4 Å². The van der Waals surface area contributed by atoms with Gasteiger partial charge in [0.15, 0.2) is 0 Å². The quantitative estimate of drug-likeness (QED) is 0.224. The second-order valence-corrected chi connectivity index (χ2v) is 8.13. The Morgan fingerprint density at radius 3 is 1.64 bits per heavy atom. The summed E-state index contributed by atoms with van der Waals surface area (Å²) in [6.45, 7) is 5.37. The van der Waals surface area contributed by atoms with Crippen molar-refractivity contribution in [3.8, 4) is 5.75 Å². The molecule has 2 amide bonds. The molecule has 0 aliphatic carbocycles. The lowest BCUT2D eigenvalue weighted by Gasteiger charge is -2.11. The zero-order valence-electron chi connectivity index (χ0n) is 19.8. The Kier molecular flexibility index (Phi) is 11.7. The number of ether oxygens (including phenoxy) is 1. The highest BCUT2D eigenvalue weighted by atomic mass is 16.5. The van der Waals surface area contributed by atoms with Gasteiger partial charge in [-0.05, 0) is 43.2 Å². The van der Waals surface area contributed by atoms with Crippen LogP contribution in [0.25, 0.3) is 0 Å². The van der Waals surface area contributed by atoms with Crippen LogP contribution in [-0.2, 0) is 0 Å². The minimum atomic E-state index is -0.615. The molecule has 2 rings (SSSR count). The molecule has 0 heterocycles. The van der Waals surface area contributed by atoms with Crippen LogP contribution in [0.5, 0.6) is 5.75 Å². The lowest BCUT2D eigenvalue weighted by Crippen LogP contribution is -2.27. The van der Waals surface area contributed by atoms with Crippen LogP contribution in [0.1, 0.15) is 96.3 Å². The fourth-order valence-electron chi connectivity index (χ4n) is 3.37. The Hall–Kier alpha value is -3.15. The Morgan fingerprint density at radius 1 is 0.667 bits per heavy atom. The van der Waals surface area contributed by atoms with E-state index in [0.717, 1.165) is 51.4 Å². The zero-order chi connectivity index (χ0) is 23.9. The third kappa shape index (κ3) is 9.48. The second kappa shape index (κ2) is 14.8. The average Bonchev–Trinajstić information content (AvgIpc) is 2.83. The van der Waals surface area contributed by atoms with Gasteiger partial charge in [-0.25, -0.2) is 4.79 Å². The van der Waals surface area contributed by atoms with Gasteiger partial charge in [0.25, 0.3) is 11.8 Å². The van der Waals surface area contributed by atoms with Crippen molar-refractivity contribution in [2.24, 2.45) is 0 Å². The first-order chi connectivity index (χ1) is 16.0. The van der Waals surface area contributed by atoms with Crippen molar-refractivity contribution in [1.29, 1.82) is 0 Å². The molecule has 33 heavy (non-hydrogen) atoms. The predicted molar refractivity (Wildman–Crippen MR) is 131 cm³/mol. The lowest BCUT2D eigenvalue weighted by molar-refractivity contribution is 0.0734. The van der Waals surface area contributed by atoms with Crippen LogP contribution in [0.4, 0.5) is 0 Å². The third-order valence-corrected chi connectivity index (χ3v) is 5.28. The molecule has 0 radical (unpaired) electrons. The second-order valence-electron chi connectivity index (χ2n) is 8.13. The molecule has 2 aromatic rings. The molecular formula is C27H36N2O4. The Balaban J connectivity index is 2.14. The van der Waals surface area contributed by atoms with Crippen LogP contribution >= 0.6 is 0 Å². The summed E-state index contributed by atoms with van der Waals surface area (Å²) >= 11 is 0. The van der Waals surface area contributed by atoms with Gasteiger partial charge in [0.05, 0.1) is 5.56 Å². The third-order valence-electron chi connectivity index (χ3n) is 5.28. The standard InChI is InChI=1S/C27H36N2O4/c1-3-5-7-12-16-28-25(30)21-18-22(26(31)29-17-13-8-6-4-2)20-23(19-21)27(32)33-24-14-10-9-11-15-24/h9-11,14-15,18-20H,3-8,12-13,16-17H2,1-2H3,(H,28,30)(H,29,31). The molecule has 0 atom stereocenters. The number of carbonyl (C=O) groups excluding carboxylic acids is 3. The molecule has 0 aliphatic rings. The predicted octanol–water partition coefficient (Wildman–Crippen LogP) is 5.53. The van der Waals surface area contributed by atoms with E-state index in [1.807, 2.05) is 6.07 Å². The van der Waals surface area contributed by atoms with Crippen LogP contribution in [0.3, 0.4) is 0 Å². The van der Waals surface area contributed by atoms with Gasteiger partial charge in [-0.1, -0.05) is 70.6 Å². The number of hydrogen-bond acceptors (Lipinski definition) is 4. The molecule has 0 fully saturated rings. The first-order valence-electron chi connectivity index (χ1n) is 12.0. The molecule has 6 nitrogen and oxygen atoms in total. The average molecular weight is 453 g/mol. The van der Waals surface area contributed by atoms with Gasteiger partial charge in [0, 0.05) is 24.2 Å². The molecule has 0 aliphatic heterocycles. The molecule has 2 N–H and O–H groups in total. The maximum atomic E-state index is 12.7. The van der Waals surface area contributed by atoms with Crippen LogP contribution in [0.15, 0.2) is 48.5 Å². The minimum Gasteiger partial charge on any atom is -0.423 e. The van der Waals surface area contributed by atoms with Crippen molar-refractivity contribution >= 4 is 17.8 Å². The Morgan fingerprint density at radius 2 is 1.15 bits per heavy atom. The Bertz CT molecular complexity index is 852. The molecule has 2 aromatic carbocycles. The minimum absolute atomic E-state index is 0.161. The molecule has 0 bridgehead atoms. The van der Waals surface area contributed by atoms with Gasteiger partial charge in [0.2, 0.25) is 0 Å². The largest absolute Gasteiger partial charge is 0.423 e. The normalized spacial score (nSPS) is 10.5. The molecular weight excluding hydrogens is 416 g/mol. The number of rotatable bonds is 14. The fourth-order valence-corrected chi connectivity index (χ4v) is 3.37. The first kappa shape index (κ1) is 26.1. The summed E-state index contributed by atoms with van der Waals surface area (Å²) in [5.74, 6) is -0.832. The van der Waals surface area contributed by atoms with E-state index in [1.54, 1.807) is 24.3 Å². The number of esters is 1. The van der Waals surface area contributed by atoms with Gasteiger partial charge in [0.1, 0.15) is 5.75 Å². The smallest absolute Gasteiger partial charge is 0.343 e. The van der Waals surface area contributed by atoms with E-state index in [-0.39, 0.29) is 28.5 Å². The van der Waals surface area contributed by atoms with E-state index >= 15 is 0 Å². The summed E-state index contributed by atoms with van der Waals surface area (Å²) < 4.78 is 5.42. The summed E-state index contributed by atoms with van der Waals surface area (Å²) in [5, 5.41) is 5.77. The summed E-state index contributed by atoms with van der Waals surface area (Å²) in [6, 6.07) is 13.2. The van der Waals surface area contributed by atoms with Crippen molar-refractivity contribution in [3.63, 3.8) is 0 Å². The summed E-state index contributed by atoms with van der Waals surface area (Å²) in [4.78, 5) is 38.2. The number of nitrogens with one attached hydrogen (secondary N) is 2. The van der Waals surface area contributed by atoms with Crippen molar-refractivity contribution in [1.82, 2.24) is 10.6 Å². The van der Waals surface area contributed by atoms with E-state index in [4.69, 9.17) is 4.74 Å². The van der Waals surface area contributed by atoms with Crippen molar-refractivity contribution < 1.29 is 19.1 Å². The van der Waals surface area contributed by atoms with E-state index in [0.29, 0.717) is 18.8 Å². The fraction of sp³-hybridized carbons (Fsp3) is 0.444. The van der Waals surface area contributed by atoms with Gasteiger partial charge in [-0.2, -0.15) is 0 Å². The van der Waals surface area contributed by atoms with Crippen LogP contribution in [0.2, 0.25) is 0 Å². The van der Waals surface area contributed by atoms with E-state index in [1.165, 1.54) is 18.2 Å². The highest BCUT2D eigenvalue weighted by Crippen LogP contribution is 2.16. The Labute approximate surface area is 197 Å². The molecule has 0 saturated carbocycles. The molecule has 0 spiro atoms. The highest BCUT2D eigenvalue weighted by Gasteiger charge is 2.17. The van der Waals surface area contributed by atoms with Crippen molar-refractivity contribution in [2.75, 3.05) is 13.1 Å². The summed E-state index contributed by atoms with van der Waals surface area (Å²) in [7, 11) is 0. The van der Waals surface area contributed by atoms with Crippen molar-refractivity contribution in [3.05, 3.63) is 65.2 Å². The monoisotopic (exact) mass is 452 g/mol. The summed E-state index contributed by atoms with van der Waals surface area (Å²) in [5.41, 5.74) is 0.696. The molecule has 178 valence electrons. The number of benzene rings is 2. The number of amides is 2. The van der Waals surface area contributed by atoms with Crippen LogP contribution in [-0.4, -0.2) is 30.9 Å². The first-order valence-corrected chi connectivity index (χ1v) is 12.0. The number of para-hydroxylation sites is 1. The van der Waals surface area contributed by atoms with Crippen LogP contribution in [0, 0.1) is 0 Å². The van der Waals surface area contributed by atoms with E-state index in [9.17, 15) is 14.4 Å². The maximum absolute atomic E-state index is 12.7. The van der Waals surface area contributed by atoms with Gasteiger partial charge in [-0.15, -0.1) is 0 Å². The number of hydrogen-bond donors (Lipinski definition) is 2. The molecule has 0 saturated heterocycles. The molecule has 0 unspecified atom stereocenters. The van der Waals surface area contributed by atoms with Gasteiger partial charge in [-0.3, -0.25) is 9.59 Å². The van der Waals surface area contributed by atoms with Crippen LogP contribution < -0.4 is 15.4 Å². The summed E-state index contributed by atoms with van der Waals surface area (Å²) in [6.07, 6.45) is 8.37. The topological polar surface area (TPSA) is 84.5 Å². The number of carbonyl (C=O) groups is 3. The highest BCUT2D eigenvalue weighted by molar-refractivity contribution is 6.03. The SMILES string of the molecule is CCCCCCNC(=O)c1cc(C(=O)NCCCCCC)cc(C(=O)Oc2ccccc2)c1. The molecule has 0 aromatic heterocycles. The van der Waals surface area contributed by atoms with E-state index < -0.39 is 5.97 Å². The van der Waals surface area contributed by atoms with E-state index in [2.05, 4.69) is 24.5 Å². The zero-order valence-corrected chi connectivity index (χ0v) is 19.8. The van der Waals surface area contributed by atoms with Gasteiger partial charge >= 0.3 is 5.97 Å². The maximum Gasteiger partial charge on any atom is 0.343 e. The molecule has 6 heteroatoms. The van der Waals surface area contributed by atoms with Crippen molar-refractivity contribution in [2.45, 2.75) is 65.2 Å². The lowest BCUT2D eigenvalue weighted by atomic mass is 10.0. The number of unbranched alkanes of at least 4 members (excludes halogenated alkanes) is 6.